The smallest absolute Gasteiger partial charge is 0.233 e. The summed E-state index contributed by atoms with van der Waals surface area (Å²) < 4.78 is 16.2. The SMILES string of the molecule is CC(C)Cn1c(SC(C)C(=O)NCC2CCCCC2)nnc1-c1ccccc1F. The standard InChI is InChI=1S/C22H31FN4OS/c1-15(2)14-27-20(18-11-7-8-12-19(18)23)25-26-22(27)29-16(3)21(28)24-13-17-9-5-4-6-10-17/h7-8,11-12,15-17H,4-6,9-10,13-14H2,1-3H3,(H,24,28). The van der Waals surface area contributed by atoms with Crippen molar-refractivity contribution >= 4 is 17.7 Å². The van der Waals surface area contributed by atoms with Gasteiger partial charge in [-0.25, -0.2) is 4.39 Å². The highest BCUT2D eigenvalue weighted by Crippen LogP contribution is 2.29. The van der Waals surface area contributed by atoms with Gasteiger partial charge in [0.15, 0.2) is 11.0 Å². The van der Waals surface area contributed by atoms with Gasteiger partial charge in [0.05, 0.1) is 10.8 Å². The summed E-state index contributed by atoms with van der Waals surface area (Å²) in [5.41, 5.74) is 0.432. The van der Waals surface area contributed by atoms with E-state index in [1.165, 1.54) is 49.9 Å². The fraction of sp³-hybridized carbons (Fsp3) is 0.591. The van der Waals surface area contributed by atoms with Crippen LogP contribution in [0.15, 0.2) is 29.4 Å². The summed E-state index contributed by atoms with van der Waals surface area (Å²) in [6.07, 6.45) is 6.25. The summed E-state index contributed by atoms with van der Waals surface area (Å²) in [6, 6.07) is 6.60. The van der Waals surface area contributed by atoms with Crippen LogP contribution >= 0.6 is 11.8 Å². The fourth-order valence-electron chi connectivity index (χ4n) is 3.74. The lowest BCUT2D eigenvalue weighted by molar-refractivity contribution is -0.120. The summed E-state index contributed by atoms with van der Waals surface area (Å²) in [5.74, 6) is 1.15. The highest BCUT2D eigenvalue weighted by Gasteiger charge is 2.23. The van der Waals surface area contributed by atoms with Crippen LogP contribution in [0.1, 0.15) is 52.9 Å². The number of carbonyl (C=O) groups excluding carboxylic acids is 1. The number of aromatic nitrogens is 3. The molecule has 1 heterocycles. The first-order chi connectivity index (χ1) is 14.0. The molecule has 1 unspecified atom stereocenters. The van der Waals surface area contributed by atoms with Crippen LogP contribution < -0.4 is 5.32 Å². The Hall–Kier alpha value is -1.89. The molecule has 1 aromatic heterocycles. The third kappa shape index (κ3) is 5.81. The number of benzene rings is 1. The van der Waals surface area contributed by atoms with E-state index in [0.717, 1.165) is 6.54 Å². The van der Waals surface area contributed by atoms with E-state index in [-0.39, 0.29) is 17.0 Å². The van der Waals surface area contributed by atoms with Gasteiger partial charge in [-0.2, -0.15) is 0 Å². The molecule has 1 amide bonds. The van der Waals surface area contributed by atoms with Crippen LogP contribution in [0.2, 0.25) is 0 Å². The lowest BCUT2D eigenvalue weighted by Crippen LogP contribution is -2.35. The number of amides is 1. The Morgan fingerprint density at radius 3 is 2.62 bits per heavy atom. The van der Waals surface area contributed by atoms with Gasteiger partial charge >= 0.3 is 0 Å². The quantitative estimate of drug-likeness (QED) is 0.618. The van der Waals surface area contributed by atoms with Crippen LogP contribution in [0.3, 0.4) is 0 Å². The van der Waals surface area contributed by atoms with Gasteiger partial charge in [0.1, 0.15) is 5.82 Å². The Kier molecular flexibility index (Phi) is 7.70. The molecule has 1 aliphatic carbocycles. The average molecular weight is 419 g/mol. The van der Waals surface area contributed by atoms with Gasteiger partial charge in [0.25, 0.3) is 0 Å². The first kappa shape index (κ1) is 21.8. The van der Waals surface area contributed by atoms with Crippen molar-refractivity contribution in [3.8, 4) is 11.4 Å². The molecule has 1 atom stereocenters. The molecule has 158 valence electrons. The van der Waals surface area contributed by atoms with Crippen LogP contribution in [0.5, 0.6) is 0 Å². The average Bonchev–Trinajstić information content (AvgIpc) is 3.08. The molecule has 2 aromatic rings. The number of halogens is 1. The van der Waals surface area contributed by atoms with E-state index in [9.17, 15) is 9.18 Å². The normalized spacial score (nSPS) is 16.2. The number of rotatable bonds is 8. The second-order valence-corrected chi connectivity index (χ2v) is 9.61. The predicted molar refractivity (Wildman–Crippen MR) is 115 cm³/mol. The molecule has 1 saturated carbocycles. The van der Waals surface area contributed by atoms with E-state index in [2.05, 4.69) is 29.4 Å². The van der Waals surface area contributed by atoms with Crippen LogP contribution in [0.25, 0.3) is 11.4 Å². The molecule has 1 aliphatic rings. The van der Waals surface area contributed by atoms with Crippen molar-refractivity contribution in [2.24, 2.45) is 11.8 Å². The van der Waals surface area contributed by atoms with Crippen LogP contribution in [0, 0.1) is 17.7 Å². The molecular formula is C22H31FN4OS. The maximum atomic E-state index is 14.3. The molecule has 29 heavy (non-hydrogen) atoms. The van der Waals surface area contributed by atoms with Gasteiger partial charge in [0.2, 0.25) is 5.91 Å². The lowest BCUT2D eigenvalue weighted by Gasteiger charge is -2.22. The molecule has 1 fully saturated rings. The predicted octanol–water partition coefficient (Wildman–Crippen LogP) is 4.92. The van der Waals surface area contributed by atoms with E-state index in [0.29, 0.717) is 34.9 Å². The minimum atomic E-state index is -0.320. The third-order valence-corrected chi connectivity index (χ3v) is 6.40. The zero-order chi connectivity index (χ0) is 20.8. The number of thioether (sulfide) groups is 1. The molecule has 0 saturated heterocycles. The van der Waals surface area contributed by atoms with E-state index in [4.69, 9.17) is 0 Å². The van der Waals surface area contributed by atoms with E-state index < -0.39 is 0 Å². The highest BCUT2D eigenvalue weighted by molar-refractivity contribution is 8.00. The molecule has 0 spiro atoms. The minimum Gasteiger partial charge on any atom is -0.355 e. The number of nitrogens with zero attached hydrogens (tertiary/aromatic N) is 3. The van der Waals surface area contributed by atoms with Crippen molar-refractivity contribution in [2.45, 2.75) is 69.8 Å². The maximum absolute atomic E-state index is 14.3. The number of nitrogens with one attached hydrogen (secondary N) is 1. The van der Waals surface area contributed by atoms with E-state index in [1.807, 2.05) is 11.5 Å². The van der Waals surface area contributed by atoms with Crippen molar-refractivity contribution in [1.82, 2.24) is 20.1 Å². The summed E-state index contributed by atoms with van der Waals surface area (Å²) in [6.45, 7) is 7.50. The summed E-state index contributed by atoms with van der Waals surface area (Å²) in [4.78, 5) is 12.6. The van der Waals surface area contributed by atoms with Gasteiger partial charge < -0.3 is 9.88 Å². The molecule has 0 aliphatic heterocycles. The molecule has 0 bridgehead atoms. The molecule has 1 aromatic carbocycles. The summed E-state index contributed by atoms with van der Waals surface area (Å²) in [7, 11) is 0. The topological polar surface area (TPSA) is 59.8 Å². The van der Waals surface area contributed by atoms with Gasteiger partial charge in [-0.3, -0.25) is 4.79 Å². The van der Waals surface area contributed by atoms with Crippen molar-refractivity contribution < 1.29 is 9.18 Å². The largest absolute Gasteiger partial charge is 0.355 e. The number of hydrogen-bond donors (Lipinski definition) is 1. The Morgan fingerprint density at radius 1 is 1.21 bits per heavy atom. The highest BCUT2D eigenvalue weighted by atomic mass is 32.2. The van der Waals surface area contributed by atoms with E-state index >= 15 is 0 Å². The van der Waals surface area contributed by atoms with Crippen molar-refractivity contribution in [2.75, 3.05) is 6.54 Å². The van der Waals surface area contributed by atoms with Crippen molar-refractivity contribution in [1.29, 1.82) is 0 Å². The second kappa shape index (κ2) is 10.2. The summed E-state index contributed by atoms with van der Waals surface area (Å²) >= 11 is 1.38. The fourth-order valence-corrected chi connectivity index (χ4v) is 4.62. The summed E-state index contributed by atoms with van der Waals surface area (Å²) in [5, 5.41) is 12.0. The first-order valence-electron chi connectivity index (χ1n) is 10.6. The Morgan fingerprint density at radius 2 is 1.93 bits per heavy atom. The Balaban J connectivity index is 1.70. The zero-order valence-electron chi connectivity index (χ0n) is 17.5. The van der Waals surface area contributed by atoms with Crippen molar-refractivity contribution in [3.05, 3.63) is 30.1 Å². The molecule has 5 nitrogen and oxygen atoms in total. The van der Waals surface area contributed by atoms with Gasteiger partial charge in [-0.15, -0.1) is 10.2 Å². The molecule has 7 heteroatoms. The van der Waals surface area contributed by atoms with Crippen LogP contribution in [0.4, 0.5) is 4.39 Å². The van der Waals surface area contributed by atoms with Crippen LogP contribution in [-0.2, 0) is 11.3 Å². The zero-order valence-corrected chi connectivity index (χ0v) is 18.3. The molecule has 1 N–H and O–H groups in total. The molecule has 3 rings (SSSR count). The monoisotopic (exact) mass is 418 g/mol. The third-order valence-electron chi connectivity index (χ3n) is 5.32. The molecular weight excluding hydrogens is 387 g/mol. The van der Waals surface area contributed by atoms with Crippen molar-refractivity contribution in [3.63, 3.8) is 0 Å². The Bertz CT molecular complexity index is 817. The number of hydrogen-bond acceptors (Lipinski definition) is 4. The minimum absolute atomic E-state index is 0.0205. The van der Waals surface area contributed by atoms with Crippen LogP contribution in [-0.4, -0.2) is 32.5 Å². The molecule has 0 radical (unpaired) electrons. The first-order valence-corrected chi connectivity index (χ1v) is 11.5. The van der Waals surface area contributed by atoms with Gasteiger partial charge in [-0.1, -0.05) is 57.0 Å². The number of carbonyl (C=O) groups is 1. The maximum Gasteiger partial charge on any atom is 0.233 e. The van der Waals surface area contributed by atoms with Gasteiger partial charge in [0, 0.05) is 13.1 Å². The van der Waals surface area contributed by atoms with E-state index in [1.54, 1.807) is 18.2 Å². The second-order valence-electron chi connectivity index (χ2n) is 8.30. The van der Waals surface area contributed by atoms with Gasteiger partial charge in [-0.05, 0) is 43.7 Å². The lowest BCUT2D eigenvalue weighted by atomic mass is 9.89. The Labute approximate surface area is 176 Å².